The Hall–Kier alpha value is -1.69. The van der Waals surface area contributed by atoms with Gasteiger partial charge >= 0.3 is 0 Å². The second-order valence-electron chi connectivity index (χ2n) is 1.74. The van der Waals surface area contributed by atoms with Crippen LogP contribution in [0, 0.1) is 0 Å². The second-order valence-corrected chi connectivity index (χ2v) is 1.74. The van der Waals surface area contributed by atoms with Crippen LogP contribution in [0.5, 0.6) is 0 Å². The van der Waals surface area contributed by atoms with Crippen LogP contribution >= 0.6 is 0 Å². The van der Waals surface area contributed by atoms with Crippen molar-refractivity contribution in [3.63, 3.8) is 0 Å². The lowest BCUT2D eigenvalue weighted by Gasteiger charge is -1.96. The van der Waals surface area contributed by atoms with E-state index in [1.165, 1.54) is 12.2 Å². The van der Waals surface area contributed by atoms with Crippen molar-refractivity contribution < 1.29 is 9.90 Å². The van der Waals surface area contributed by atoms with E-state index in [2.05, 4.69) is 11.5 Å². The predicted molar refractivity (Wildman–Crippen MR) is 35.0 cm³/mol. The van der Waals surface area contributed by atoms with Gasteiger partial charge in [0.1, 0.15) is 5.76 Å². The molecule has 0 bridgehead atoms. The van der Waals surface area contributed by atoms with E-state index in [9.17, 15) is 4.79 Å². The summed E-state index contributed by atoms with van der Waals surface area (Å²) in [6.45, 7) is 0. The Balaban J connectivity index is 3.11. The van der Waals surface area contributed by atoms with Gasteiger partial charge in [0.15, 0.2) is 0 Å². The quantitative estimate of drug-likeness (QED) is 0.503. The van der Waals surface area contributed by atoms with Crippen LogP contribution in [0.3, 0.4) is 0 Å². The molecule has 50 valence electrons. The zero-order valence-corrected chi connectivity index (χ0v) is 5.09. The largest absolute Gasteiger partial charge is 0.506 e. The maximum atomic E-state index is 10.5. The number of carbonyl (C=O) groups is 1. The number of rotatable bonds is 1. The lowest BCUT2D eigenvalue weighted by Crippen LogP contribution is -2.14. The van der Waals surface area contributed by atoms with E-state index < -0.39 is 5.91 Å². The Morgan fingerprint density at radius 3 is 2.50 bits per heavy atom. The Bertz CT molecular complexity index is 300. The van der Waals surface area contributed by atoms with Gasteiger partial charge in [-0.25, -0.2) is 0 Å². The van der Waals surface area contributed by atoms with Crippen LogP contribution in [0.15, 0.2) is 34.9 Å². The van der Waals surface area contributed by atoms with Gasteiger partial charge in [0.25, 0.3) is 5.91 Å². The van der Waals surface area contributed by atoms with Crippen LogP contribution in [0.1, 0.15) is 0 Å². The highest BCUT2D eigenvalue weighted by atomic mass is 16.3. The molecule has 10 heavy (non-hydrogen) atoms. The lowest BCUT2D eigenvalue weighted by atomic mass is 10.2. The molecule has 0 saturated carbocycles. The Morgan fingerprint density at radius 2 is 2.10 bits per heavy atom. The third-order valence-electron chi connectivity index (χ3n) is 1.05. The minimum atomic E-state index is -0.664. The standard InChI is InChI=1S/C7H5NO2/c8-7(10)5-3-1-2-4-6(5)9/h3-4,9H,(H2,8,10). The summed E-state index contributed by atoms with van der Waals surface area (Å²) in [6, 6.07) is 0. The molecule has 3 N–H and O–H groups in total. The predicted octanol–water partition coefficient (Wildman–Crippen LogP) is 0.164. The number of allylic oxidation sites excluding steroid dienone is 1. The molecule has 1 rings (SSSR count). The van der Waals surface area contributed by atoms with Gasteiger partial charge in [-0.05, 0) is 0 Å². The molecule has 0 unspecified atom stereocenters. The maximum Gasteiger partial charge on any atom is 0.253 e. The van der Waals surface area contributed by atoms with Crippen LogP contribution in [0.2, 0.25) is 0 Å². The monoisotopic (exact) mass is 135 g/mol. The van der Waals surface area contributed by atoms with Crippen molar-refractivity contribution in [2.45, 2.75) is 0 Å². The first kappa shape index (κ1) is 6.43. The molecule has 0 atom stereocenters. The van der Waals surface area contributed by atoms with Gasteiger partial charge in [-0.15, -0.1) is 0 Å². The number of hydrogen-bond donors (Lipinski definition) is 2. The van der Waals surface area contributed by atoms with Gasteiger partial charge in [0.2, 0.25) is 0 Å². The highest BCUT2D eigenvalue weighted by Gasteiger charge is 2.06. The first-order chi connectivity index (χ1) is 4.72. The fourth-order valence-corrected chi connectivity index (χ4v) is 0.573. The highest BCUT2D eigenvalue weighted by Crippen LogP contribution is 2.05. The average Bonchev–Trinajstić information content (AvgIpc) is 1.88. The van der Waals surface area contributed by atoms with Crippen LogP contribution in [-0.4, -0.2) is 11.0 Å². The molecule has 0 radical (unpaired) electrons. The van der Waals surface area contributed by atoms with Crippen molar-refractivity contribution in [2.24, 2.45) is 5.73 Å². The SMILES string of the molecule is NC(=O)C1=C(O)C=C=C=C1. The van der Waals surface area contributed by atoms with E-state index in [1.807, 2.05) is 0 Å². The number of aliphatic hydroxyl groups is 1. The minimum absolute atomic E-state index is 0.0683. The molecule has 0 heterocycles. The van der Waals surface area contributed by atoms with Crippen LogP contribution in [0.4, 0.5) is 0 Å². The average molecular weight is 135 g/mol. The molecule has 0 aromatic heterocycles. The van der Waals surface area contributed by atoms with E-state index in [-0.39, 0.29) is 11.3 Å². The summed E-state index contributed by atoms with van der Waals surface area (Å²) >= 11 is 0. The molecule has 0 saturated heterocycles. The number of amides is 1. The normalized spacial score (nSPS) is 14.4. The Kier molecular flexibility index (Phi) is 1.46. The molecule has 0 spiro atoms. The van der Waals surface area contributed by atoms with Gasteiger partial charge in [0, 0.05) is 12.2 Å². The number of primary amides is 1. The maximum absolute atomic E-state index is 10.5. The molecular formula is C7H5NO2. The fourth-order valence-electron chi connectivity index (χ4n) is 0.573. The first-order valence-electron chi connectivity index (χ1n) is 2.62. The van der Waals surface area contributed by atoms with Crippen molar-refractivity contribution in [1.82, 2.24) is 0 Å². The Morgan fingerprint density at radius 1 is 1.50 bits per heavy atom. The third-order valence-corrected chi connectivity index (χ3v) is 1.05. The van der Waals surface area contributed by atoms with Crippen molar-refractivity contribution in [3.8, 4) is 0 Å². The van der Waals surface area contributed by atoms with Crippen molar-refractivity contribution in [1.29, 1.82) is 0 Å². The van der Waals surface area contributed by atoms with Gasteiger partial charge in [-0.3, -0.25) is 4.79 Å². The van der Waals surface area contributed by atoms with Crippen molar-refractivity contribution in [2.75, 3.05) is 0 Å². The molecule has 0 fully saturated rings. The molecule has 1 aliphatic rings. The summed E-state index contributed by atoms with van der Waals surface area (Å²) in [6.07, 6.45) is 2.53. The summed E-state index contributed by atoms with van der Waals surface area (Å²) in [7, 11) is 0. The number of nitrogens with two attached hydrogens (primary N) is 1. The summed E-state index contributed by atoms with van der Waals surface area (Å²) < 4.78 is 0. The Labute approximate surface area is 57.5 Å². The van der Waals surface area contributed by atoms with Crippen molar-refractivity contribution in [3.05, 3.63) is 34.9 Å². The molecule has 3 nitrogen and oxygen atoms in total. The molecule has 0 aromatic carbocycles. The second kappa shape index (κ2) is 2.28. The van der Waals surface area contributed by atoms with Gasteiger partial charge in [-0.1, -0.05) is 11.5 Å². The highest BCUT2D eigenvalue weighted by molar-refractivity contribution is 5.95. The molecule has 3 heteroatoms. The van der Waals surface area contributed by atoms with E-state index in [1.54, 1.807) is 0 Å². The van der Waals surface area contributed by atoms with Gasteiger partial charge in [0.05, 0.1) is 5.57 Å². The summed E-state index contributed by atoms with van der Waals surface area (Å²) in [5, 5.41) is 8.93. The van der Waals surface area contributed by atoms with Crippen molar-refractivity contribution >= 4 is 5.91 Å². The molecule has 0 aliphatic heterocycles. The summed E-state index contributed by atoms with van der Waals surface area (Å²) in [5.74, 6) is -0.825. The van der Waals surface area contributed by atoms with E-state index in [0.717, 1.165) is 0 Å². The third kappa shape index (κ3) is 1.00. The molecular weight excluding hydrogens is 130 g/mol. The van der Waals surface area contributed by atoms with Gasteiger partial charge < -0.3 is 10.8 Å². The van der Waals surface area contributed by atoms with E-state index in [4.69, 9.17) is 10.8 Å². The van der Waals surface area contributed by atoms with Crippen LogP contribution < -0.4 is 5.73 Å². The van der Waals surface area contributed by atoms with E-state index in [0.29, 0.717) is 0 Å². The molecule has 1 amide bonds. The molecule has 1 aliphatic carbocycles. The lowest BCUT2D eigenvalue weighted by molar-refractivity contribution is -0.114. The van der Waals surface area contributed by atoms with E-state index >= 15 is 0 Å². The zero-order valence-electron chi connectivity index (χ0n) is 5.09. The van der Waals surface area contributed by atoms with Crippen LogP contribution in [-0.2, 0) is 4.79 Å². The summed E-state index contributed by atoms with van der Waals surface area (Å²) in [5.41, 5.74) is 9.92. The number of carbonyl (C=O) groups excluding carboxylic acids is 1. The topological polar surface area (TPSA) is 63.3 Å². The zero-order chi connectivity index (χ0) is 7.56. The fraction of sp³-hybridized carbons (Fsp3) is 0. The summed E-state index contributed by atoms with van der Waals surface area (Å²) in [4.78, 5) is 10.5. The number of aliphatic hydroxyl groups excluding tert-OH is 1. The minimum Gasteiger partial charge on any atom is -0.506 e. The van der Waals surface area contributed by atoms with Crippen LogP contribution in [0.25, 0.3) is 0 Å². The molecule has 0 aromatic rings. The smallest absolute Gasteiger partial charge is 0.253 e. The first-order valence-corrected chi connectivity index (χ1v) is 2.62. The number of hydrogen-bond acceptors (Lipinski definition) is 2. The van der Waals surface area contributed by atoms with Gasteiger partial charge in [-0.2, -0.15) is 0 Å².